The molecule has 19 heavy (non-hydrogen) atoms. The van der Waals surface area contributed by atoms with Gasteiger partial charge in [-0.2, -0.15) is 0 Å². The molecule has 2 aromatic rings. The van der Waals surface area contributed by atoms with Crippen LogP contribution >= 0.6 is 27.3 Å². The molecule has 2 rings (SSSR count). The van der Waals surface area contributed by atoms with E-state index in [1.807, 2.05) is 18.2 Å². The van der Waals surface area contributed by atoms with Crippen molar-refractivity contribution in [3.05, 3.63) is 33.2 Å². The highest BCUT2D eigenvalue weighted by Gasteiger charge is 2.10. The van der Waals surface area contributed by atoms with Crippen molar-refractivity contribution in [3.8, 4) is 16.3 Å². The van der Waals surface area contributed by atoms with Crippen molar-refractivity contribution < 1.29 is 4.74 Å². The number of thiazole rings is 1. The van der Waals surface area contributed by atoms with Crippen molar-refractivity contribution in [1.82, 2.24) is 10.3 Å². The molecule has 0 aliphatic rings. The summed E-state index contributed by atoms with van der Waals surface area (Å²) in [6.45, 7) is 6.03. The van der Waals surface area contributed by atoms with Gasteiger partial charge in [-0.1, -0.05) is 6.92 Å². The molecule has 102 valence electrons. The summed E-state index contributed by atoms with van der Waals surface area (Å²) in [5.74, 6) is 0.838. The van der Waals surface area contributed by atoms with Gasteiger partial charge in [0.1, 0.15) is 10.8 Å². The van der Waals surface area contributed by atoms with Gasteiger partial charge in [0.2, 0.25) is 0 Å². The minimum Gasteiger partial charge on any atom is -0.496 e. The zero-order valence-corrected chi connectivity index (χ0v) is 13.7. The van der Waals surface area contributed by atoms with E-state index in [-0.39, 0.29) is 0 Å². The van der Waals surface area contributed by atoms with Gasteiger partial charge in [0.15, 0.2) is 0 Å². The standard InChI is InChI=1S/C14H17BrN2OS/c1-4-16-8-13-9(2)17-14(19-13)10-5-6-12(18-3)11(15)7-10/h5-7,16H,4,8H2,1-3H3. The molecule has 0 aliphatic carbocycles. The van der Waals surface area contributed by atoms with Crippen molar-refractivity contribution >= 4 is 27.3 Å². The number of nitrogens with zero attached hydrogens (tertiary/aromatic N) is 1. The first-order chi connectivity index (χ1) is 9.15. The number of halogens is 1. The highest BCUT2D eigenvalue weighted by molar-refractivity contribution is 9.10. The van der Waals surface area contributed by atoms with Crippen LogP contribution < -0.4 is 10.1 Å². The van der Waals surface area contributed by atoms with E-state index in [1.165, 1.54) is 4.88 Å². The minimum atomic E-state index is 0.838. The molecule has 1 heterocycles. The van der Waals surface area contributed by atoms with Gasteiger partial charge in [-0.3, -0.25) is 0 Å². The molecule has 3 nitrogen and oxygen atoms in total. The van der Waals surface area contributed by atoms with Crippen molar-refractivity contribution in [3.63, 3.8) is 0 Å². The predicted octanol–water partition coefficient (Wildman–Crippen LogP) is 4.00. The Labute approximate surface area is 126 Å². The molecule has 0 bridgehead atoms. The molecule has 0 atom stereocenters. The lowest BCUT2D eigenvalue weighted by Crippen LogP contribution is -2.11. The van der Waals surface area contributed by atoms with Gasteiger partial charge >= 0.3 is 0 Å². The van der Waals surface area contributed by atoms with Crippen LogP contribution in [0.2, 0.25) is 0 Å². The molecule has 0 radical (unpaired) electrons. The maximum absolute atomic E-state index is 5.24. The molecule has 5 heteroatoms. The van der Waals surface area contributed by atoms with E-state index in [0.29, 0.717) is 0 Å². The van der Waals surface area contributed by atoms with E-state index < -0.39 is 0 Å². The highest BCUT2D eigenvalue weighted by atomic mass is 79.9. The van der Waals surface area contributed by atoms with Crippen LogP contribution in [0, 0.1) is 6.92 Å². The lowest BCUT2D eigenvalue weighted by atomic mass is 10.2. The Hall–Kier alpha value is -0.910. The minimum absolute atomic E-state index is 0.838. The second kappa shape index (κ2) is 6.50. The van der Waals surface area contributed by atoms with E-state index >= 15 is 0 Å². The van der Waals surface area contributed by atoms with Gasteiger partial charge in [-0.25, -0.2) is 4.98 Å². The summed E-state index contributed by atoms with van der Waals surface area (Å²) in [5.41, 5.74) is 2.22. The van der Waals surface area contributed by atoms with Gasteiger partial charge in [-0.15, -0.1) is 11.3 Å². The van der Waals surface area contributed by atoms with Crippen LogP contribution in [0.5, 0.6) is 5.75 Å². The molecule has 0 saturated heterocycles. The zero-order chi connectivity index (χ0) is 13.8. The molecule has 0 unspecified atom stereocenters. The van der Waals surface area contributed by atoms with Crippen LogP contribution in [0.25, 0.3) is 10.6 Å². The second-order valence-electron chi connectivity index (χ2n) is 4.16. The number of benzene rings is 1. The first kappa shape index (κ1) is 14.5. The third-order valence-corrected chi connectivity index (χ3v) is 4.65. The Morgan fingerprint density at radius 2 is 2.21 bits per heavy atom. The summed E-state index contributed by atoms with van der Waals surface area (Å²) in [6, 6.07) is 6.05. The Balaban J connectivity index is 2.29. The monoisotopic (exact) mass is 340 g/mol. The van der Waals surface area contributed by atoms with Gasteiger partial charge in [0.25, 0.3) is 0 Å². The molecule has 0 fully saturated rings. The van der Waals surface area contributed by atoms with Crippen LogP contribution in [0.3, 0.4) is 0 Å². The summed E-state index contributed by atoms with van der Waals surface area (Å²) >= 11 is 5.25. The first-order valence-electron chi connectivity index (χ1n) is 6.16. The number of aryl methyl sites for hydroxylation is 1. The number of aromatic nitrogens is 1. The van der Waals surface area contributed by atoms with Crippen LogP contribution in [0.1, 0.15) is 17.5 Å². The van der Waals surface area contributed by atoms with E-state index in [2.05, 4.69) is 40.1 Å². The fourth-order valence-electron chi connectivity index (χ4n) is 1.75. The number of rotatable bonds is 5. The molecule has 1 aromatic carbocycles. The SMILES string of the molecule is CCNCc1sc(-c2ccc(OC)c(Br)c2)nc1C. The lowest BCUT2D eigenvalue weighted by Gasteiger charge is -2.04. The van der Waals surface area contributed by atoms with E-state index in [1.54, 1.807) is 18.4 Å². The maximum Gasteiger partial charge on any atom is 0.133 e. The van der Waals surface area contributed by atoms with Crippen molar-refractivity contribution in [2.45, 2.75) is 20.4 Å². The highest BCUT2D eigenvalue weighted by Crippen LogP contribution is 2.33. The predicted molar refractivity (Wildman–Crippen MR) is 83.9 cm³/mol. The largest absolute Gasteiger partial charge is 0.496 e. The van der Waals surface area contributed by atoms with Gasteiger partial charge < -0.3 is 10.1 Å². The Bertz CT molecular complexity index is 569. The topological polar surface area (TPSA) is 34.1 Å². The van der Waals surface area contributed by atoms with Gasteiger partial charge in [0.05, 0.1) is 17.3 Å². The Kier molecular flexibility index (Phi) is 4.96. The number of hydrogen-bond acceptors (Lipinski definition) is 4. The van der Waals surface area contributed by atoms with E-state index in [0.717, 1.165) is 39.6 Å². The van der Waals surface area contributed by atoms with Crippen molar-refractivity contribution in [2.75, 3.05) is 13.7 Å². The second-order valence-corrected chi connectivity index (χ2v) is 6.10. The van der Waals surface area contributed by atoms with Crippen LogP contribution in [-0.4, -0.2) is 18.6 Å². The quantitative estimate of drug-likeness (QED) is 0.893. The molecule has 0 saturated carbocycles. The summed E-state index contributed by atoms with van der Waals surface area (Å²) in [4.78, 5) is 5.94. The third kappa shape index (κ3) is 3.35. The van der Waals surface area contributed by atoms with Crippen LogP contribution in [-0.2, 0) is 6.54 Å². The Morgan fingerprint density at radius 3 is 2.84 bits per heavy atom. The Morgan fingerprint density at radius 1 is 1.42 bits per heavy atom. The third-order valence-electron chi connectivity index (χ3n) is 2.83. The molecule has 0 spiro atoms. The first-order valence-corrected chi connectivity index (χ1v) is 7.77. The van der Waals surface area contributed by atoms with E-state index in [4.69, 9.17) is 4.74 Å². The van der Waals surface area contributed by atoms with E-state index in [9.17, 15) is 0 Å². The van der Waals surface area contributed by atoms with Crippen molar-refractivity contribution in [2.24, 2.45) is 0 Å². The van der Waals surface area contributed by atoms with Crippen LogP contribution in [0.4, 0.5) is 0 Å². The summed E-state index contributed by atoms with van der Waals surface area (Å²) < 4.78 is 6.20. The average Bonchev–Trinajstić information content (AvgIpc) is 2.77. The number of nitrogens with one attached hydrogen (secondary N) is 1. The smallest absolute Gasteiger partial charge is 0.133 e. The van der Waals surface area contributed by atoms with Gasteiger partial charge in [-0.05, 0) is 47.6 Å². The normalized spacial score (nSPS) is 10.7. The summed E-state index contributed by atoms with van der Waals surface area (Å²) in [6.07, 6.45) is 0. The number of methoxy groups -OCH3 is 1. The maximum atomic E-state index is 5.24. The number of hydrogen-bond donors (Lipinski definition) is 1. The van der Waals surface area contributed by atoms with Crippen LogP contribution in [0.15, 0.2) is 22.7 Å². The van der Waals surface area contributed by atoms with Gasteiger partial charge in [0, 0.05) is 17.0 Å². The fourth-order valence-corrected chi connectivity index (χ4v) is 3.32. The molecule has 0 amide bonds. The number of ether oxygens (including phenoxy) is 1. The summed E-state index contributed by atoms with van der Waals surface area (Å²) in [7, 11) is 1.67. The zero-order valence-electron chi connectivity index (χ0n) is 11.3. The fraction of sp³-hybridized carbons (Fsp3) is 0.357. The molecule has 1 aromatic heterocycles. The molecular formula is C14H17BrN2OS. The lowest BCUT2D eigenvalue weighted by molar-refractivity contribution is 0.412. The molecular weight excluding hydrogens is 324 g/mol. The average molecular weight is 341 g/mol. The molecule has 1 N–H and O–H groups in total. The van der Waals surface area contributed by atoms with Crippen molar-refractivity contribution in [1.29, 1.82) is 0 Å². The molecule has 0 aliphatic heterocycles. The summed E-state index contributed by atoms with van der Waals surface area (Å²) in [5, 5.41) is 4.39.